The van der Waals surface area contributed by atoms with Crippen molar-refractivity contribution in [1.29, 1.82) is 0 Å². The van der Waals surface area contributed by atoms with E-state index >= 15 is 0 Å². The number of carbonyl (C=O) groups excluding carboxylic acids is 1. The van der Waals surface area contributed by atoms with Gasteiger partial charge < -0.3 is 20.1 Å². The number of hydrogen-bond donors (Lipinski definition) is 2. The number of amides is 1. The molecule has 28 heavy (non-hydrogen) atoms. The molecule has 0 spiro atoms. The largest absolute Gasteiger partial charge is 0.494 e. The van der Waals surface area contributed by atoms with E-state index in [9.17, 15) is 14.3 Å². The van der Waals surface area contributed by atoms with E-state index in [4.69, 9.17) is 4.74 Å². The highest BCUT2D eigenvalue weighted by atomic mass is 19.1. The molecular formula is C22H35FN2O3. The zero-order valence-electron chi connectivity index (χ0n) is 17.3. The maximum Gasteiger partial charge on any atom is 0.220 e. The molecule has 1 aromatic rings. The van der Waals surface area contributed by atoms with Crippen LogP contribution in [-0.2, 0) is 4.79 Å². The van der Waals surface area contributed by atoms with E-state index < -0.39 is 18.0 Å². The Kier molecular flexibility index (Phi) is 9.71. The average molecular weight is 395 g/mol. The lowest BCUT2D eigenvalue weighted by atomic mass is 10.0. The molecule has 1 aliphatic heterocycles. The summed E-state index contributed by atoms with van der Waals surface area (Å²) in [7, 11) is 1.41. The van der Waals surface area contributed by atoms with Crippen LogP contribution in [0.3, 0.4) is 0 Å². The molecule has 2 N–H and O–H groups in total. The summed E-state index contributed by atoms with van der Waals surface area (Å²) in [6.45, 7) is 4.66. The third-order valence-electron chi connectivity index (χ3n) is 5.41. The van der Waals surface area contributed by atoms with Crippen LogP contribution in [0.1, 0.15) is 70.0 Å². The van der Waals surface area contributed by atoms with Gasteiger partial charge in [-0.3, -0.25) is 4.79 Å². The Morgan fingerprint density at radius 1 is 1.25 bits per heavy atom. The Balaban J connectivity index is 1.99. The van der Waals surface area contributed by atoms with E-state index in [1.807, 2.05) is 0 Å². The molecule has 2 atom stereocenters. The number of aliphatic hydroxyl groups is 1. The second kappa shape index (κ2) is 12.0. The molecule has 5 nitrogen and oxygen atoms in total. The first kappa shape index (κ1) is 22.6. The molecule has 2 rings (SSSR count). The van der Waals surface area contributed by atoms with Gasteiger partial charge in [0.2, 0.25) is 5.91 Å². The van der Waals surface area contributed by atoms with Crippen LogP contribution >= 0.6 is 0 Å². The van der Waals surface area contributed by atoms with Crippen LogP contribution in [0.2, 0.25) is 0 Å². The fraction of sp³-hybridized carbons (Fsp3) is 0.682. The molecule has 0 bridgehead atoms. The Morgan fingerprint density at radius 2 is 1.96 bits per heavy atom. The highest BCUT2D eigenvalue weighted by Gasteiger charge is 2.27. The van der Waals surface area contributed by atoms with E-state index in [0.29, 0.717) is 18.5 Å². The second-order valence-corrected chi connectivity index (χ2v) is 7.68. The van der Waals surface area contributed by atoms with Gasteiger partial charge in [-0.1, -0.05) is 38.7 Å². The third-order valence-corrected chi connectivity index (χ3v) is 5.41. The van der Waals surface area contributed by atoms with Gasteiger partial charge in [0.05, 0.1) is 13.2 Å². The molecule has 1 fully saturated rings. The summed E-state index contributed by atoms with van der Waals surface area (Å²) in [5.41, 5.74) is 0.450. The highest BCUT2D eigenvalue weighted by molar-refractivity contribution is 5.76. The highest BCUT2D eigenvalue weighted by Crippen LogP contribution is 2.25. The average Bonchev–Trinajstić information content (AvgIpc) is 3.20. The topological polar surface area (TPSA) is 61.8 Å². The summed E-state index contributed by atoms with van der Waals surface area (Å²) in [6, 6.07) is 3.99. The van der Waals surface area contributed by atoms with Crippen molar-refractivity contribution < 1.29 is 19.0 Å². The minimum Gasteiger partial charge on any atom is -0.494 e. The number of ether oxygens (including phenoxy) is 1. The number of benzene rings is 1. The smallest absolute Gasteiger partial charge is 0.220 e. The molecule has 158 valence electrons. The third kappa shape index (κ3) is 7.06. The van der Waals surface area contributed by atoms with Crippen molar-refractivity contribution in [3.8, 4) is 5.75 Å². The monoisotopic (exact) mass is 394 g/mol. The van der Waals surface area contributed by atoms with E-state index in [-0.39, 0.29) is 11.7 Å². The standard InChI is InChI=1S/C22H35FN2O3/c1-3-4-5-6-7-10-21(26)24-19(16-25-13-8-9-14-25)22(27)17-11-12-20(28-2)18(23)15-17/h11-12,15,19,22,27H,3-10,13-14,16H2,1-2H3,(H,24,26)/t19-,22-/m1/s1. The summed E-state index contributed by atoms with van der Waals surface area (Å²) < 4.78 is 19.0. The van der Waals surface area contributed by atoms with Crippen molar-refractivity contribution >= 4 is 5.91 Å². The summed E-state index contributed by atoms with van der Waals surface area (Å²) in [5.74, 6) is -0.418. The summed E-state index contributed by atoms with van der Waals surface area (Å²) in [4.78, 5) is 14.7. The molecule has 0 aromatic heterocycles. The second-order valence-electron chi connectivity index (χ2n) is 7.68. The number of nitrogens with one attached hydrogen (secondary N) is 1. The van der Waals surface area contributed by atoms with Crippen molar-refractivity contribution in [2.45, 2.75) is 70.4 Å². The van der Waals surface area contributed by atoms with Crippen molar-refractivity contribution in [3.05, 3.63) is 29.6 Å². The fourth-order valence-electron chi connectivity index (χ4n) is 3.73. The Bertz CT molecular complexity index is 605. The normalized spacial score (nSPS) is 16.7. The molecule has 1 saturated heterocycles. The van der Waals surface area contributed by atoms with Crippen molar-refractivity contribution in [2.75, 3.05) is 26.7 Å². The molecule has 1 amide bonds. The molecule has 0 saturated carbocycles. The van der Waals surface area contributed by atoms with Gasteiger partial charge in [-0.15, -0.1) is 0 Å². The predicted octanol–water partition coefficient (Wildman–Crippen LogP) is 3.81. The lowest BCUT2D eigenvalue weighted by Crippen LogP contribution is -2.46. The summed E-state index contributed by atoms with van der Waals surface area (Å²) in [6.07, 6.45) is 7.18. The fourth-order valence-corrected chi connectivity index (χ4v) is 3.73. The van der Waals surface area contributed by atoms with Gasteiger partial charge in [0.25, 0.3) is 0 Å². The van der Waals surface area contributed by atoms with Crippen molar-refractivity contribution in [3.63, 3.8) is 0 Å². The lowest BCUT2D eigenvalue weighted by Gasteiger charge is -2.29. The minimum atomic E-state index is -0.968. The SMILES string of the molecule is CCCCCCCC(=O)N[C@H](CN1CCCC1)[C@H](O)c1ccc(OC)c(F)c1. The Hall–Kier alpha value is -1.66. The molecule has 0 aliphatic carbocycles. The van der Waals surface area contributed by atoms with E-state index in [2.05, 4.69) is 17.1 Å². The van der Waals surface area contributed by atoms with Crippen LogP contribution in [0.25, 0.3) is 0 Å². The molecule has 1 aliphatic rings. The predicted molar refractivity (Wildman–Crippen MR) is 109 cm³/mol. The van der Waals surface area contributed by atoms with Crippen LogP contribution in [0.4, 0.5) is 4.39 Å². The van der Waals surface area contributed by atoms with Crippen LogP contribution in [0.15, 0.2) is 18.2 Å². The zero-order valence-corrected chi connectivity index (χ0v) is 17.3. The first-order valence-electron chi connectivity index (χ1n) is 10.6. The van der Waals surface area contributed by atoms with Crippen LogP contribution in [0.5, 0.6) is 5.75 Å². The van der Waals surface area contributed by atoms with Crippen molar-refractivity contribution in [1.82, 2.24) is 10.2 Å². The molecule has 0 unspecified atom stereocenters. The van der Waals surface area contributed by atoms with Gasteiger partial charge in [0.15, 0.2) is 11.6 Å². The number of aliphatic hydroxyl groups excluding tert-OH is 1. The van der Waals surface area contributed by atoms with Gasteiger partial charge in [0.1, 0.15) is 6.10 Å². The van der Waals surface area contributed by atoms with Crippen LogP contribution in [-0.4, -0.2) is 48.7 Å². The van der Waals surface area contributed by atoms with Crippen LogP contribution in [0, 0.1) is 5.82 Å². The van der Waals surface area contributed by atoms with Crippen molar-refractivity contribution in [2.24, 2.45) is 0 Å². The lowest BCUT2D eigenvalue weighted by molar-refractivity contribution is -0.123. The number of nitrogens with zero attached hydrogens (tertiary/aromatic N) is 1. The van der Waals surface area contributed by atoms with E-state index in [0.717, 1.165) is 45.2 Å². The zero-order chi connectivity index (χ0) is 20.4. The molecular weight excluding hydrogens is 359 g/mol. The molecule has 1 heterocycles. The summed E-state index contributed by atoms with van der Waals surface area (Å²) >= 11 is 0. The van der Waals surface area contributed by atoms with E-state index in [1.54, 1.807) is 6.07 Å². The molecule has 0 radical (unpaired) electrons. The first-order valence-corrected chi connectivity index (χ1v) is 10.6. The van der Waals surface area contributed by atoms with Gasteiger partial charge in [-0.25, -0.2) is 4.39 Å². The number of unbranched alkanes of at least 4 members (excludes halogenated alkanes) is 4. The minimum absolute atomic E-state index is 0.0475. The maximum absolute atomic E-state index is 14.1. The molecule has 1 aromatic carbocycles. The maximum atomic E-state index is 14.1. The Labute approximate surface area is 168 Å². The number of likely N-dealkylation sites (tertiary alicyclic amines) is 1. The Morgan fingerprint density at radius 3 is 2.61 bits per heavy atom. The van der Waals surface area contributed by atoms with Gasteiger partial charge in [-0.2, -0.15) is 0 Å². The van der Waals surface area contributed by atoms with E-state index in [1.165, 1.54) is 32.1 Å². The number of hydrogen-bond acceptors (Lipinski definition) is 4. The van der Waals surface area contributed by atoms with Gasteiger partial charge in [-0.05, 0) is 50.0 Å². The molecule has 6 heteroatoms. The number of halogens is 1. The number of rotatable bonds is 12. The van der Waals surface area contributed by atoms with Gasteiger partial charge >= 0.3 is 0 Å². The quantitative estimate of drug-likeness (QED) is 0.529. The number of carbonyl (C=O) groups is 1. The first-order chi connectivity index (χ1) is 13.5. The summed E-state index contributed by atoms with van der Waals surface area (Å²) in [5, 5.41) is 13.9. The van der Waals surface area contributed by atoms with Crippen LogP contribution < -0.4 is 10.1 Å². The van der Waals surface area contributed by atoms with Gasteiger partial charge in [0, 0.05) is 13.0 Å². The number of methoxy groups -OCH3 is 1.